The lowest BCUT2D eigenvalue weighted by Gasteiger charge is -2.08. The molecule has 66 valence electrons. The third kappa shape index (κ3) is 2.63. The minimum absolute atomic E-state index is 0.00287. The zero-order valence-electron chi connectivity index (χ0n) is 7.38. The van der Waals surface area contributed by atoms with E-state index in [1.807, 2.05) is 12.1 Å². The molecular formula is C9H13ClOSi. The van der Waals surface area contributed by atoms with Gasteiger partial charge in [0.05, 0.1) is 12.0 Å². The first kappa shape index (κ1) is 9.77. The number of alkyl halides is 1. The highest BCUT2D eigenvalue weighted by Crippen LogP contribution is 2.20. The Morgan fingerprint density at radius 1 is 1.42 bits per heavy atom. The summed E-state index contributed by atoms with van der Waals surface area (Å²) in [4.78, 5) is 0. The second-order valence-electron chi connectivity index (χ2n) is 2.83. The minimum atomic E-state index is 0.00287. The summed E-state index contributed by atoms with van der Waals surface area (Å²) in [5.74, 6) is 0. The summed E-state index contributed by atoms with van der Waals surface area (Å²) in [7, 11) is 0.752. The number of hydrogen-bond acceptors (Lipinski definition) is 1. The Balaban J connectivity index is 2.68. The quantitative estimate of drug-likeness (QED) is 0.532. The summed E-state index contributed by atoms with van der Waals surface area (Å²) >= 11 is 6.06. The van der Waals surface area contributed by atoms with Crippen LogP contribution in [0.1, 0.15) is 16.5 Å². The van der Waals surface area contributed by atoms with Crippen molar-refractivity contribution in [2.24, 2.45) is 0 Å². The molecule has 0 spiro atoms. The van der Waals surface area contributed by atoms with Crippen LogP contribution in [0.5, 0.6) is 0 Å². The average molecular weight is 201 g/mol. The third-order valence-corrected chi connectivity index (χ3v) is 2.46. The summed E-state index contributed by atoms with van der Waals surface area (Å²) < 4.78 is 5.10. The van der Waals surface area contributed by atoms with E-state index in [4.69, 9.17) is 16.0 Å². The normalized spacial score (nSPS) is 13.2. The molecule has 0 bridgehead atoms. The number of halogens is 1. The SMILES string of the molecule is Cc1ccc(C(Cl)CO[SiH3])cc1. The Bertz CT molecular complexity index is 235. The van der Waals surface area contributed by atoms with Crippen molar-refractivity contribution in [2.45, 2.75) is 12.3 Å². The summed E-state index contributed by atoms with van der Waals surface area (Å²) in [6.07, 6.45) is 0. The molecule has 0 N–H and O–H groups in total. The van der Waals surface area contributed by atoms with Crippen molar-refractivity contribution in [3.8, 4) is 0 Å². The molecule has 1 aromatic rings. The fraction of sp³-hybridized carbons (Fsp3) is 0.333. The van der Waals surface area contributed by atoms with E-state index < -0.39 is 0 Å². The molecule has 0 amide bonds. The van der Waals surface area contributed by atoms with Gasteiger partial charge in [-0.05, 0) is 12.5 Å². The van der Waals surface area contributed by atoms with Gasteiger partial charge in [0.1, 0.15) is 10.5 Å². The fourth-order valence-electron chi connectivity index (χ4n) is 1.02. The summed E-state index contributed by atoms with van der Waals surface area (Å²) in [5, 5.41) is 0.00287. The van der Waals surface area contributed by atoms with Gasteiger partial charge in [0.2, 0.25) is 0 Å². The molecule has 1 nitrogen and oxygen atoms in total. The van der Waals surface area contributed by atoms with Crippen molar-refractivity contribution in [2.75, 3.05) is 6.61 Å². The molecule has 3 heteroatoms. The molecular weight excluding hydrogens is 188 g/mol. The first-order valence-electron chi connectivity index (χ1n) is 3.93. The molecule has 0 aliphatic carbocycles. The second kappa shape index (κ2) is 4.65. The third-order valence-electron chi connectivity index (χ3n) is 1.75. The zero-order valence-corrected chi connectivity index (χ0v) is 10.1. The lowest BCUT2D eigenvalue weighted by atomic mass is 10.1. The van der Waals surface area contributed by atoms with E-state index in [0.717, 1.165) is 16.0 Å². The van der Waals surface area contributed by atoms with Gasteiger partial charge in [-0.1, -0.05) is 29.8 Å². The van der Waals surface area contributed by atoms with Gasteiger partial charge < -0.3 is 4.43 Å². The molecule has 0 fully saturated rings. The molecule has 12 heavy (non-hydrogen) atoms. The van der Waals surface area contributed by atoms with Crippen LogP contribution in [-0.2, 0) is 4.43 Å². The molecule has 0 heterocycles. The number of benzene rings is 1. The van der Waals surface area contributed by atoms with Crippen molar-refractivity contribution in [1.29, 1.82) is 0 Å². The first-order valence-corrected chi connectivity index (χ1v) is 5.19. The van der Waals surface area contributed by atoms with Crippen LogP contribution in [0.15, 0.2) is 24.3 Å². The van der Waals surface area contributed by atoms with Crippen LogP contribution < -0.4 is 0 Å². The Kier molecular flexibility index (Phi) is 3.79. The Hall–Kier alpha value is -0.313. The maximum absolute atomic E-state index is 6.06. The van der Waals surface area contributed by atoms with Gasteiger partial charge in [-0.3, -0.25) is 0 Å². The predicted molar refractivity (Wildman–Crippen MR) is 55.7 cm³/mol. The molecule has 1 atom stereocenters. The van der Waals surface area contributed by atoms with E-state index in [2.05, 4.69) is 19.1 Å². The maximum atomic E-state index is 6.06. The maximum Gasteiger partial charge on any atom is 0.146 e. The molecule has 0 saturated carbocycles. The molecule has 0 aromatic heterocycles. The molecule has 1 rings (SSSR count). The van der Waals surface area contributed by atoms with E-state index in [0.29, 0.717) is 6.61 Å². The number of rotatable bonds is 3. The molecule has 1 aromatic carbocycles. The van der Waals surface area contributed by atoms with Crippen molar-refractivity contribution in [3.63, 3.8) is 0 Å². The van der Waals surface area contributed by atoms with Crippen LogP contribution in [0, 0.1) is 6.92 Å². The highest BCUT2D eigenvalue weighted by molar-refractivity contribution is 6.21. The van der Waals surface area contributed by atoms with Crippen molar-refractivity contribution < 1.29 is 4.43 Å². The van der Waals surface area contributed by atoms with E-state index in [-0.39, 0.29) is 5.38 Å². The molecule has 0 radical (unpaired) electrons. The average Bonchev–Trinajstić information content (AvgIpc) is 2.06. The van der Waals surface area contributed by atoms with Crippen LogP contribution in [0.3, 0.4) is 0 Å². The fourth-order valence-corrected chi connectivity index (χ4v) is 1.83. The van der Waals surface area contributed by atoms with Crippen LogP contribution >= 0.6 is 11.6 Å². The largest absolute Gasteiger partial charge is 0.426 e. The highest BCUT2D eigenvalue weighted by atomic mass is 35.5. The summed E-state index contributed by atoms with van der Waals surface area (Å²) in [5.41, 5.74) is 2.40. The summed E-state index contributed by atoms with van der Waals surface area (Å²) in [6, 6.07) is 8.23. The van der Waals surface area contributed by atoms with E-state index >= 15 is 0 Å². The van der Waals surface area contributed by atoms with Gasteiger partial charge in [0.15, 0.2) is 0 Å². The summed E-state index contributed by atoms with van der Waals surface area (Å²) in [6.45, 7) is 2.69. The molecule has 0 saturated heterocycles. The van der Waals surface area contributed by atoms with Gasteiger partial charge in [-0.25, -0.2) is 0 Å². The number of aryl methyl sites for hydroxylation is 1. The van der Waals surface area contributed by atoms with E-state index in [9.17, 15) is 0 Å². The van der Waals surface area contributed by atoms with Gasteiger partial charge in [0, 0.05) is 0 Å². The van der Waals surface area contributed by atoms with E-state index in [1.165, 1.54) is 5.56 Å². The lowest BCUT2D eigenvalue weighted by molar-refractivity contribution is 0.348. The minimum Gasteiger partial charge on any atom is -0.426 e. The van der Waals surface area contributed by atoms with Gasteiger partial charge in [-0.2, -0.15) is 0 Å². The van der Waals surface area contributed by atoms with Crippen LogP contribution in [0.2, 0.25) is 0 Å². The zero-order chi connectivity index (χ0) is 8.97. The first-order chi connectivity index (χ1) is 5.74. The van der Waals surface area contributed by atoms with E-state index in [1.54, 1.807) is 0 Å². The standard InChI is InChI=1S/C9H13ClOSi/c1-7-2-4-8(5-3-7)9(10)6-11-12/h2-5,9H,6H2,1,12H3. The Morgan fingerprint density at radius 3 is 2.50 bits per heavy atom. The Morgan fingerprint density at radius 2 is 2.00 bits per heavy atom. The van der Waals surface area contributed by atoms with Gasteiger partial charge in [-0.15, -0.1) is 11.6 Å². The van der Waals surface area contributed by atoms with Gasteiger partial charge >= 0.3 is 0 Å². The van der Waals surface area contributed by atoms with Crippen LogP contribution in [0.25, 0.3) is 0 Å². The molecule has 0 aliphatic rings. The van der Waals surface area contributed by atoms with Crippen molar-refractivity contribution in [1.82, 2.24) is 0 Å². The topological polar surface area (TPSA) is 9.23 Å². The molecule has 1 unspecified atom stereocenters. The van der Waals surface area contributed by atoms with Gasteiger partial charge in [0.25, 0.3) is 0 Å². The smallest absolute Gasteiger partial charge is 0.146 e. The second-order valence-corrected chi connectivity index (χ2v) is 3.94. The highest BCUT2D eigenvalue weighted by Gasteiger charge is 2.05. The lowest BCUT2D eigenvalue weighted by Crippen LogP contribution is -1.99. The van der Waals surface area contributed by atoms with Crippen molar-refractivity contribution >= 4 is 22.1 Å². The van der Waals surface area contributed by atoms with Crippen LogP contribution in [0.4, 0.5) is 0 Å². The van der Waals surface area contributed by atoms with Crippen molar-refractivity contribution in [3.05, 3.63) is 35.4 Å². The predicted octanol–water partition coefficient (Wildman–Crippen LogP) is 1.57. The Labute approximate surface area is 81.2 Å². The number of hydrogen-bond donors (Lipinski definition) is 0. The van der Waals surface area contributed by atoms with Crippen LogP contribution in [-0.4, -0.2) is 17.1 Å². The molecule has 0 aliphatic heterocycles. The monoisotopic (exact) mass is 200 g/mol.